The van der Waals surface area contributed by atoms with Crippen LogP contribution in [0.3, 0.4) is 0 Å². The Morgan fingerprint density at radius 3 is 2.83 bits per heavy atom. The van der Waals surface area contributed by atoms with E-state index in [4.69, 9.17) is 0 Å². The third kappa shape index (κ3) is 7.47. The molecule has 0 fully saturated rings. The molecular weight excluding hydrogens is 314 g/mol. The smallest absolute Gasteiger partial charge is 0.305 e. The Morgan fingerprint density at radius 2 is 2.22 bits per heavy atom. The molecule has 0 radical (unpaired) electrons. The van der Waals surface area contributed by atoms with Gasteiger partial charge in [0.2, 0.25) is 0 Å². The van der Waals surface area contributed by atoms with Crippen LogP contribution in [0.25, 0.3) is 0 Å². The fraction of sp³-hybridized carbons (Fsp3) is 0.625. The van der Waals surface area contributed by atoms with Crippen molar-refractivity contribution in [3.05, 3.63) is 22.4 Å². The van der Waals surface area contributed by atoms with Gasteiger partial charge in [-0.05, 0) is 49.1 Å². The number of nitrogens with one attached hydrogen (secondary N) is 2. The van der Waals surface area contributed by atoms with E-state index in [0.717, 1.165) is 24.9 Å². The number of unbranched alkanes of at least 4 members (excludes halogenated alkanes) is 1. The molecule has 3 N–H and O–H groups in total. The minimum absolute atomic E-state index is 0.183. The van der Waals surface area contributed by atoms with Gasteiger partial charge in [-0.25, -0.2) is 4.99 Å². The second-order valence-corrected chi connectivity index (χ2v) is 6.22. The predicted molar refractivity (Wildman–Crippen MR) is 93.7 cm³/mol. The Morgan fingerprint density at radius 1 is 1.43 bits per heavy atom. The summed E-state index contributed by atoms with van der Waals surface area (Å²) in [5.74, 6) is 0.485. The number of thiophene rings is 1. The number of esters is 1. The molecule has 1 unspecified atom stereocenters. The summed E-state index contributed by atoms with van der Waals surface area (Å²) in [6, 6.07) is 1.91. The minimum atomic E-state index is -0.979. The van der Waals surface area contributed by atoms with Crippen LogP contribution >= 0.6 is 11.3 Å². The fourth-order valence-electron chi connectivity index (χ4n) is 1.94. The number of aliphatic imine (C=N–C) groups is 1. The first-order valence-electron chi connectivity index (χ1n) is 7.83. The van der Waals surface area contributed by atoms with Gasteiger partial charge in [-0.2, -0.15) is 11.3 Å². The number of ether oxygens (including phenoxy) is 1. The van der Waals surface area contributed by atoms with Gasteiger partial charge in [0, 0.05) is 19.5 Å². The lowest BCUT2D eigenvalue weighted by molar-refractivity contribution is -0.140. The molecule has 1 aromatic rings. The van der Waals surface area contributed by atoms with Crippen LogP contribution in [0, 0.1) is 0 Å². The fourth-order valence-corrected chi connectivity index (χ4v) is 2.72. The highest BCUT2D eigenvalue weighted by Gasteiger charge is 2.23. The molecule has 1 heterocycles. The van der Waals surface area contributed by atoms with Gasteiger partial charge in [-0.3, -0.25) is 4.79 Å². The quantitative estimate of drug-likeness (QED) is 0.276. The highest BCUT2D eigenvalue weighted by Crippen LogP contribution is 2.23. The van der Waals surface area contributed by atoms with Crippen molar-refractivity contribution in [3.63, 3.8) is 0 Å². The Kier molecular flexibility index (Phi) is 8.65. The number of methoxy groups -OCH3 is 1. The summed E-state index contributed by atoms with van der Waals surface area (Å²) in [4.78, 5) is 15.5. The molecule has 0 saturated carbocycles. The van der Waals surface area contributed by atoms with Crippen LogP contribution in [0.5, 0.6) is 0 Å². The summed E-state index contributed by atoms with van der Waals surface area (Å²) in [7, 11) is 1.40. The second-order valence-electron chi connectivity index (χ2n) is 5.44. The number of carbonyl (C=O) groups is 1. The monoisotopic (exact) mass is 341 g/mol. The number of nitrogens with zero attached hydrogens (tertiary/aromatic N) is 1. The number of aliphatic hydroxyl groups is 1. The zero-order valence-corrected chi connectivity index (χ0v) is 14.9. The highest BCUT2D eigenvalue weighted by atomic mass is 32.1. The highest BCUT2D eigenvalue weighted by molar-refractivity contribution is 7.08. The van der Waals surface area contributed by atoms with Crippen LogP contribution in [0.2, 0.25) is 0 Å². The Balaban J connectivity index is 2.42. The van der Waals surface area contributed by atoms with E-state index in [2.05, 4.69) is 20.4 Å². The second kappa shape index (κ2) is 10.2. The molecule has 0 bridgehead atoms. The van der Waals surface area contributed by atoms with Crippen LogP contribution in [0.1, 0.15) is 38.7 Å². The summed E-state index contributed by atoms with van der Waals surface area (Å²) < 4.78 is 4.61. The molecule has 0 aliphatic rings. The molecule has 7 heteroatoms. The lowest BCUT2D eigenvalue weighted by atomic mass is 10.00. The molecule has 1 rings (SSSR count). The molecule has 0 saturated heterocycles. The van der Waals surface area contributed by atoms with E-state index in [1.165, 1.54) is 7.11 Å². The van der Waals surface area contributed by atoms with Crippen LogP contribution < -0.4 is 10.6 Å². The average Bonchev–Trinajstić information content (AvgIpc) is 3.07. The molecule has 23 heavy (non-hydrogen) atoms. The largest absolute Gasteiger partial charge is 0.469 e. The van der Waals surface area contributed by atoms with Crippen molar-refractivity contribution >= 4 is 23.3 Å². The number of carbonyl (C=O) groups excluding carboxylic acids is 1. The molecule has 0 aromatic carbocycles. The first-order valence-corrected chi connectivity index (χ1v) is 8.78. The Hall–Kier alpha value is -1.60. The number of guanidine groups is 1. The van der Waals surface area contributed by atoms with E-state index in [1.807, 2.05) is 23.8 Å². The van der Waals surface area contributed by atoms with Crippen molar-refractivity contribution in [3.8, 4) is 0 Å². The van der Waals surface area contributed by atoms with Crippen LogP contribution in [-0.2, 0) is 15.1 Å². The molecule has 0 spiro atoms. The van der Waals surface area contributed by atoms with Crippen LogP contribution in [0.4, 0.5) is 0 Å². The van der Waals surface area contributed by atoms with Gasteiger partial charge in [0.05, 0.1) is 13.7 Å². The first kappa shape index (κ1) is 19.4. The number of hydrogen-bond acceptors (Lipinski definition) is 5. The third-order valence-corrected chi connectivity index (χ3v) is 4.04. The summed E-state index contributed by atoms with van der Waals surface area (Å²) in [5, 5.41) is 20.7. The van der Waals surface area contributed by atoms with Crippen LogP contribution in [-0.4, -0.2) is 43.8 Å². The SMILES string of the molecule is CCNC(=NCC(C)(O)c1ccsc1)NCCCCC(=O)OC. The minimum Gasteiger partial charge on any atom is -0.469 e. The molecule has 0 aliphatic heterocycles. The van der Waals surface area contributed by atoms with Gasteiger partial charge in [0.15, 0.2) is 5.96 Å². The lowest BCUT2D eigenvalue weighted by Crippen LogP contribution is -2.39. The van der Waals surface area contributed by atoms with Crippen molar-refractivity contribution in [2.75, 3.05) is 26.7 Å². The topological polar surface area (TPSA) is 83.0 Å². The van der Waals surface area contributed by atoms with Gasteiger partial charge < -0.3 is 20.5 Å². The lowest BCUT2D eigenvalue weighted by Gasteiger charge is -2.21. The van der Waals surface area contributed by atoms with E-state index in [9.17, 15) is 9.90 Å². The summed E-state index contributed by atoms with van der Waals surface area (Å²) in [6.07, 6.45) is 2.05. The zero-order chi connectivity index (χ0) is 17.1. The Bertz CT molecular complexity index is 487. The van der Waals surface area contributed by atoms with E-state index >= 15 is 0 Å². The first-order chi connectivity index (χ1) is 11.0. The molecule has 1 aromatic heterocycles. The van der Waals surface area contributed by atoms with Gasteiger partial charge >= 0.3 is 5.97 Å². The van der Waals surface area contributed by atoms with Gasteiger partial charge in [0.1, 0.15) is 5.60 Å². The van der Waals surface area contributed by atoms with Gasteiger partial charge in [-0.15, -0.1) is 0 Å². The normalized spacial score (nSPS) is 14.2. The molecule has 1 atom stereocenters. The van der Waals surface area contributed by atoms with E-state index in [-0.39, 0.29) is 12.5 Å². The van der Waals surface area contributed by atoms with E-state index in [0.29, 0.717) is 18.9 Å². The van der Waals surface area contributed by atoms with Crippen molar-refractivity contribution in [1.82, 2.24) is 10.6 Å². The predicted octanol–water partition coefficient (Wildman–Crippen LogP) is 1.85. The van der Waals surface area contributed by atoms with Crippen LogP contribution in [0.15, 0.2) is 21.8 Å². The average molecular weight is 341 g/mol. The third-order valence-electron chi connectivity index (χ3n) is 3.36. The van der Waals surface area contributed by atoms with E-state index in [1.54, 1.807) is 18.3 Å². The molecule has 130 valence electrons. The Labute approximate surface area is 142 Å². The van der Waals surface area contributed by atoms with Crippen molar-refractivity contribution in [2.24, 2.45) is 4.99 Å². The molecule has 0 amide bonds. The summed E-state index contributed by atoms with van der Waals surface area (Å²) >= 11 is 1.56. The maximum absolute atomic E-state index is 11.0. The maximum Gasteiger partial charge on any atom is 0.305 e. The molecule has 6 nitrogen and oxygen atoms in total. The number of rotatable bonds is 9. The van der Waals surface area contributed by atoms with Gasteiger partial charge in [0.25, 0.3) is 0 Å². The van der Waals surface area contributed by atoms with Gasteiger partial charge in [-0.1, -0.05) is 0 Å². The van der Waals surface area contributed by atoms with Crippen molar-refractivity contribution < 1.29 is 14.6 Å². The van der Waals surface area contributed by atoms with E-state index < -0.39 is 5.60 Å². The standard InChI is InChI=1S/C16H27N3O3S/c1-4-17-15(18-9-6-5-7-14(20)22-3)19-12-16(2,21)13-8-10-23-11-13/h8,10-11,21H,4-7,9,12H2,1-3H3,(H2,17,18,19). The maximum atomic E-state index is 11.0. The van der Waals surface area contributed by atoms with Crippen molar-refractivity contribution in [1.29, 1.82) is 0 Å². The number of hydrogen-bond donors (Lipinski definition) is 3. The zero-order valence-electron chi connectivity index (χ0n) is 14.1. The molecular formula is C16H27N3O3S. The van der Waals surface area contributed by atoms with Crippen molar-refractivity contribution in [2.45, 2.75) is 38.7 Å². The summed E-state index contributed by atoms with van der Waals surface area (Å²) in [5.41, 5.74) is -0.104. The molecule has 0 aliphatic carbocycles. The summed E-state index contributed by atoms with van der Waals surface area (Å²) in [6.45, 7) is 5.49.